The Balaban J connectivity index is 2.26. The fourth-order valence-corrected chi connectivity index (χ4v) is 2.07. The summed E-state index contributed by atoms with van der Waals surface area (Å²) in [5.41, 5.74) is 0.787. The lowest BCUT2D eigenvalue weighted by Gasteiger charge is -1.96. The van der Waals surface area contributed by atoms with Crippen molar-refractivity contribution in [2.75, 3.05) is 0 Å². The fourth-order valence-electron chi connectivity index (χ4n) is 1.23. The van der Waals surface area contributed by atoms with Gasteiger partial charge in [-0.05, 0) is 18.2 Å². The fraction of sp³-hybridized carbons (Fsp3) is 0.0909. The molecule has 1 N–H and O–H groups in total. The quantitative estimate of drug-likeness (QED) is 0.832. The highest BCUT2D eigenvalue weighted by molar-refractivity contribution is 7.10. The third kappa shape index (κ3) is 2.25. The number of hydrogen-bond donors (Lipinski definition) is 1. The van der Waals surface area contributed by atoms with Gasteiger partial charge in [0.05, 0.1) is 6.26 Å². The van der Waals surface area contributed by atoms with Gasteiger partial charge in [-0.15, -0.1) is 11.3 Å². The first-order valence-electron chi connectivity index (χ1n) is 4.62. The van der Waals surface area contributed by atoms with E-state index < -0.39 is 6.17 Å². The van der Waals surface area contributed by atoms with Crippen LogP contribution in [0, 0.1) is 0 Å². The second kappa shape index (κ2) is 4.85. The highest BCUT2D eigenvalue weighted by Crippen LogP contribution is 2.29. The van der Waals surface area contributed by atoms with Crippen molar-refractivity contribution in [1.82, 2.24) is 9.97 Å². The lowest BCUT2D eigenvalue weighted by molar-refractivity contribution is 0.401. The molecule has 82 valence electrons. The van der Waals surface area contributed by atoms with Crippen LogP contribution < -0.4 is 0 Å². The summed E-state index contributed by atoms with van der Waals surface area (Å²) in [6.07, 6.45) is 3.79. The molecule has 0 amide bonds. The summed E-state index contributed by atoms with van der Waals surface area (Å²) in [5, 5.41) is 10.3. The van der Waals surface area contributed by atoms with E-state index in [0.717, 1.165) is 11.6 Å². The number of aliphatic hydroxyl groups excluding tert-OH is 1. The van der Waals surface area contributed by atoms with Crippen LogP contribution in [0.25, 0.3) is 11.4 Å². The Kier molecular flexibility index (Phi) is 3.26. The van der Waals surface area contributed by atoms with E-state index in [-0.39, 0.29) is 0 Å². The number of halogens is 1. The highest BCUT2D eigenvalue weighted by Gasteiger charge is 2.11. The summed E-state index contributed by atoms with van der Waals surface area (Å²) in [6, 6.07) is 3.41. The molecule has 2 heterocycles. The molecule has 2 aromatic heterocycles. The average Bonchev–Trinajstić information content (AvgIpc) is 2.80. The van der Waals surface area contributed by atoms with Crippen molar-refractivity contribution in [2.45, 2.75) is 6.17 Å². The van der Waals surface area contributed by atoms with Crippen molar-refractivity contribution in [3.8, 4) is 11.4 Å². The Morgan fingerprint density at radius 1 is 1.38 bits per heavy atom. The predicted octanol–water partition coefficient (Wildman–Crippen LogP) is 3.29. The van der Waals surface area contributed by atoms with Crippen LogP contribution >= 0.6 is 11.3 Å². The molecular formula is C11H9FN2OS. The molecule has 0 aliphatic carbocycles. The summed E-state index contributed by atoms with van der Waals surface area (Å²) in [6.45, 7) is 0. The zero-order valence-electron chi connectivity index (χ0n) is 8.25. The molecule has 1 unspecified atom stereocenters. The van der Waals surface area contributed by atoms with Crippen LogP contribution in [0.3, 0.4) is 0 Å². The van der Waals surface area contributed by atoms with E-state index in [0.29, 0.717) is 17.0 Å². The zero-order chi connectivity index (χ0) is 11.4. The highest BCUT2D eigenvalue weighted by atomic mass is 32.1. The van der Waals surface area contributed by atoms with Crippen molar-refractivity contribution in [3.05, 3.63) is 47.1 Å². The van der Waals surface area contributed by atoms with Crippen LogP contribution in [0.5, 0.6) is 0 Å². The van der Waals surface area contributed by atoms with Gasteiger partial charge in [0, 0.05) is 28.2 Å². The van der Waals surface area contributed by atoms with E-state index in [4.69, 9.17) is 5.11 Å². The third-order valence-electron chi connectivity index (χ3n) is 1.97. The normalized spacial score (nSPS) is 13.1. The Morgan fingerprint density at radius 2 is 2.12 bits per heavy atom. The van der Waals surface area contributed by atoms with E-state index in [1.54, 1.807) is 29.9 Å². The first kappa shape index (κ1) is 10.8. The first-order valence-corrected chi connectivity index (χ1v) is 5.50. The molecule has 1 atom stereocenters. The molecule has 16 heavy (non-hydrogen) atoms. The molecule has 0 aliphatic rings. The number of rotatable bonds is 3. The van der Waals surface area contributed by atoms with Crippen molar-refractivity contribution in [3.63, 3.8) is 0 Å². The second-order valence-corrected chi connectivity index (χ2v) is 4.00. The van der Waals surface area contributed by atoms with Gasteiger partial charge in [0.2, 0.25) is 0 Å². The molecule has 0 spiro atoms. The van der Waals surface area contributed by atoms with Crippen LogP contribution in [0.4, 0.5) is 4.39 Å². The third-order valence-corrected chi connectivity index (χ3v) is 2.96. The van der Waals surface area contributed by atoms with Gasteiger partial charge in [0.15, 0.2) is 12.0 Å². The number of alkyl halides is 1. The monoisotopic (exact) mass is 236 g/mol. The maximum absolute atomic E-state index is 13.4. The lowest BCUT2D eigenvalue weighted by atomic mass is 10.2. The van der Waals surface area contributed by atoms with E-state index >= 15 is 0 Å². The molecule has 0 aromatic carbocycles. The van der Waals surface area contributed by atoms with E-state index in [1.165, 1.54) is 11.3 Å². The van der Waals surface area contributed by atoms with Crippen LogP contribution in [-0.2, 0) is 0 Å². The molecule has 0 saturated heterocycles. The molecule has 0 saturated carbocycles. The Labute approximate surface area is 95.9 Å². The number of hydrogen-bond acceptors (Lipinski definition) is 4. The van der Waals surface area contributed by atoms with Crippen LogP contribution in [0.2, 0.25) is 0 Å². The average molecular weight is 236 g/mol. The van der Waals surface area contributed by atoms with Gasteiger partial charge in [-0.25, -0.2) is 14.4 Å². The van der Waals surface area contributed by atoms with Gasteiger partial charge >= 0.3 is 0 Å². The van der Waals surface area contributed by atoms with E-state index in [9.17, 15) is 4.39 Å². The second-order valence-electron chi connectivity index (χ2n) is 3.05. The smallest absolute Gasteiger partial charge is 0.159 e. The summed E-state index contributed by atoms with van der Waals surface area (Å²) in [5.74, 6) is 0.574. The lowest BCUT2D eigenvalue weighted by Crippen LogP contribution is -1.84. The number of aromatic nitrogens is 2. The largest absolute Gasteiger partial charge is 0.516 e. The molecular weight excluding hydrogens is 227 g/mol. The molecule has 0 fully saturated rings. The first-order chi connectivity index (χ1) is 7.81. The van der Waals surface area contributed by atoms with Crippen LogP contribution in [0.15, 0.2) is 42.2 Å². The minimum absolute atomic E-state index is 0.521. The van der Waals surface area contributed by atoms with Gasteiger partial charge in [-0.2, -0.15) is 0 Å². The number of thiophene rings is 1. The van der Waals surface area contributed by atoms with Crippen LogP contribution in [0.1, 0.15) is 11.0 Å². The molecule has 0 aliphatic heterocycles. The summed E-state index contributed by atoms with van der Waals surface area (Å²) < 4.78 is 13.4. The number of nitrogens with zero attached hydrogens (tertiary/aromatic N) is 2. The van der Waals surface area contributed by atoms with E-state index in [2.05, 4.69) is 9.97 Å². The van der Waals surface area contributed by atoms with Crippen molar-refractivity contribution >= 4 is 11.3 Å². The molecule has 3 nitrogen and oxygen atoms in total. The topological polar surface area (TPSA) is 46.0 Å². The summed E-state index contributed by atoms with van der Waals surface area (Å²) in [4.78, 5) is 8.67. The van der Waals surface area contributed by atoms with Crippen molar-refractivity contribution < 1.29 is 9.50 Å². The number of aliphatic hydroxyl groups is 1. The van der Waals surface area contributed by atoms with Crippen molar-refractivity contribution in [1.29, 1.82) is 0 Å². The van der Waals surface area contributed by atoms with Gasteiger partial charge in [-0.1, -0.05) is 0 Å². The van der Waals surface area contributed by atoms with E-state index in [1.807, 2.05) is 0 Å². The van der Waals surface area contributed by atoms with Crippen LogP contribution in [-0.4, -0.2) is 15.1 Å². The number of allylic oxidation sites excluding steroid dienone is 1. The minimum atomic E-state index is -1.28. The van der Waals surface area contributed by atoms with Gasteiger partial charge in [0.1, 0.15) is 0 Å². The SMILES string of the molecule is O/C=C\C(F)c1cc(-c2ncccn2)cs1. The minimum Gasteiger partial charge on any atom is -0.516 e. The predicted molar refractivity (Wildman–Crippen MR) is 61.0 cm³/mol. The molecule has 0 bridgehead atoms. The standard InChI is InChI=1S/C11H9FN2OS/c12-9(2-5-15)10-6-8(7-16-10)11-13-3-1-4-14-11/h1-7,9,15H/b5-2-. The summed E-state index contributed by atoms with van der Waals surface area (Å²) >= 11 is 1.28. The summed E-state index contributed by atoms with van der Waals surface area (Å²) in [7, 11) is 0. The van der Waals surface area contributed by atoms with Crippen molar-refractivity contribution in [2.24, 2.45) is 0 Å². The van der Waals surface area contributed by atoms with Gasteiger partial charge in [-0.3, -0.25) is 0 Å². The Morgan fingerprint density at radius 3 is 2.81 bits per heavy atom. The Bertz CT molecular complexity index is 484. The van der Waals surface area contributed by atoms with Gasteiger partial charge < -0.3 is 5.11 Å². The maximum atomic E-state index is 13.4. The zero-order valence-corrected chi connectivity index (χ0v) is 9.06. The molecule has 5 heteroatoms. The Hall–Kier alpha value is -1.75. The van der Waals surface area contributed by atoms with Gasteiger partial charge in [0.25, 0.3) is 0 Å². The molecule has 0 radical (unpaired) electrons. The molecule has 2 rings (SSSR count). The maximum Gasteiger partial charge on any atom is 0.159 e. The molecule has 2 aromatic rings.